The quantitative estimate of drug-likeness (QED) is 0.580. The van der Waals surface area contributed by atoms with Gasteiger partial charge >= 0.3 is 6.01 Å². The number of fused-ring (bicyclic) bond motifs is 1. The molecule has 2 aromatic heterocycles. The van der Waals surface area contributed by atoms with Crippen molar-refractivity contribution in [3.8, 4) is 6.01 Å². The third-order valence-corrected chi connectivity index (χ3v) is 1.46. The Morgan fingerprint density at radius 2 is 2.27 bits per heavy atom. The zero-order chi connectivity index (χ0) is 7.84. The van der Waals surface area contributed by atoms with Crippen molar-refractivity contribution in [1.29, 1.82) is 0 Å². The van der Waals surface area contributed by atoms with Gasteiger partial charge in [0.05, 0.1) is 0 Å². The highest BCUT2D eigenvalue weighted by molar-refractivity contribution is 5.37. The Kier molecular flexibility index (Phi) is 1.06. The summed E-state index contributed by atoms with van der Waals surface area (Å²) in [6, 6.07) is 1.60. The second-order valence-electron chi connectivity index (χ2n) is 2.19. The number of rotatable bonds is 0. The van der Waals surface area contributed by atoms with Gasteiger partial charge in [-0.15, -0.1) is 10.2 Å². The lowest BCUT2D eigenvalue weighted by Crippen LogP contribution is -1.90. The molecule has 0 atom stereocenters. The molecule has 2 heterocycles. The van der Waals surface area contributed by atoms with Crippen molar-refractivity contribution in [3.63, 3.8) is 0 Å². The molecule has 11 heavy (non-hydrogen) atoms. The van der Waals surface area contributed by atoms with E-state index in [0.29, 0.717) is 11.5 Å². The first-order valence-electron chi connectivity index (χ1n) is 3.15. The van der Waals surface area contributed by atoms with E-state index in [2.05, 4.69) is 15.2 Å². The van der Waals surface area contributed by atoms with Gasteiger partial charge in [0, 0.05) is 12.3 Å². The molecular weight excluding hydrogens is 144 g/mol. The fourth-order valence-corrected chi connectivity index (χ4v) is 0.962. The predicted molar refractivity (Wildman–Crippen MR) is 37.2 cm³/mol. The molecule has 0 saturated carbocycles. The standard InChI is InChI=1S/C6H6N4O/c1-4-8-9-5-2-3-7-6(11)10(4)5/h2-3H,1H3,(H,7,11). The van der Waals surface area contributed by atoms with Crippen LogP contribution in [-0.2, 0) is 0 Å². The molecule has 0 unspecified atom stereocenters. The van der Waals surface area contributed by atoms with Crippen molar-refractivity contribution in [1.82, 2.24) is 19.6 Å². The summed E-state index contributed by atoms with van der Waals surface area (Å²) in [6.45, 7) is 1.75. The van der Waals surface area contributed by atoms with Gasteiger partial charge in [-0.1, -0.05) is 0 Å². The van der Waals surface area contributed by atoms with E-state index < -0.39 is 0 Å². The molecule has 56 valence electrons. The largest absolute Gasteiger partial charge is 0.480 e. The van der Waals surface area contributed by atoms with Crippen LogP contribution in [0.3, 0.4) is 0 Å². The molecule has 0 aliphatic heterocycles. The van der Waals surface area contributed by atoms with E-state index >= 15 is 0 Å². The summed E-state index contributed by atoms with van der Waals surface area (Å²) >= 11 is 0. The Morgan fingerprint density at radius 3 is 3.00 bits per heavy atom. The van der Waals surface area contributed by atoms with Gasteiger partial charge in [-0.3, -0.25) is 0 Å². The number of aromatic hydroxyl groups is 1. The van der Waals surface area contributed by atoms with Crippen LogP contribution >= 0.6 is 0 Å². The minimum Gasteiger partial charge on any atom is -0.480 e. The highest BCUT2D eigenvalue weighted by Gasteiger charge is 2.03. The van der Waals surface area contributed by atoms with Crippen LogP contribution in [0.5, 0.6) is 6.01 Å². The number of hydrogen-bond donors (Lipinski definition) is 1. The lowest BCUT2D eigenvalue weighted by Gasteiger charge is -1.94. The predicted octanol–water partition coefficient (Wildman–Crippen LogP) is 0.138. The minimum absolute atomic E-state index is 0.0787. The number of aryl methyl sites for hydroxylation is 1. The highest BCUT2D eigenvalue weighted by Crippen LogP contribution is 2.08. The molecule has 0 spiro atoms. The maximum atomic E-state index is 9.21. The van der Waals surface area contributed by atoms with Gasteiger partial charge in [-0.05, 0) is 6.92 Å². The van der Waals surface area contributed by atoms with E-state index in [-0.39, 0.29) is 6.01 Å². The van der Waals surface area contributed by atoms with Gasteiger partial charge in [0.1, 0.15) is 5.82 Å². The van der Waals surface area contributed by atoms with Crippen LogP contribution < -0.4 is 0 Å². The average molecular weight is 150 g/mol. The van der Waals surface area contributed by atoms with Crippen molar-refractivity contribution in [2.75, 3.05) is 0 Å². The lowest BCUT2D eigenvalue weighted by atomic mass is 10.6. The third-order valence-electron chi connectivity index (χ3n) is 1.46. The second-order valence-corrected chi connectivity index (χ2v) is 2.19. The number of aromatic nitrogens is 4. The molecule has 5 heteroatoms. The Morgan fingerprint density at radius 1 is 1.45 bits per heavy atom. The zero-order valence-electron chi connectivity index (χ0n) is 5.89. The number of hydrogen-bond acceptors (Lipinski definition) is 4. The van der Waals surface area contributed by atoms with E-state index in [4.69, 9.17) is 0 Å². The Balaban J connectivity index is 2.96. The molecule has 2 aromatic rings. The van der Waals surface area contributed by atoms with Crippen LogP contribution in [0, 0.1) is 6.92 Å². The van der Waals surface area contributed by atoms with E-state index in [1.807, 2.05) is 0 Å². The topological polar surface area (TPSA) is 63.3 Å². The van der Waals surface area contributed by atoms with E-state index in [1.165, 1.54) is 10.6 Å². The molecule has 0 aliphatic rings. The minimum atomic E-state index is -0.0787. The molecule has 0 amide bonds. The van der Waals surface area contributed by atoms with Crippen LogP contribution in [-0.4, -0.2) is 24.7 Å². The van der Waals surface area contributed by atoms with Gasteiger partial charge < -0.3 is 5.11 Å². The van der Waals surface area contributed by atoms with Crippen LogP contribution in [0.1, 0.15) is 5.82 Å². The van der Waals surface area contributed by atoms with Gasteiger partial charge in [-0.2, -0.15) is 0 Å². The van der Waals surface area contributed by atoms with Crippen molar-refractivity contribution < 1.29 is 5.11 Å². The second kappa shape index (κ2) is 1.91. The summed E-state index contributed by atoms with van der Waals surface area (Å²) in [4.78, 5) is 3.68. The van der Waals surface area contributed by atoms with Gasteiger partial charge in [0.15, 0.2) is 5.65 Å². The van der Waals surface area contributed by atoms with Crippen LogP contribution in [0.2, 0.25) is 0 Å². The Labute approximate surface area is 62.3 Å². The van der Waals surface area contributed by atoms with Crippen LogP contribution in [0.25, 0.3) is 5.65 Å². The van der Waals surface area contributed by atoms with Crippen molar-refractivity contribution in [2.45, 2.75) is 6.92 Å². The molecule has 0 radical (unpaired) electrons. The zero-order valence-corrected chi connectivity index (χ0v) is 5.89. The SMILES string of the molecule is Cc1nnc2ccnc(O)n12. The first-order chi connectivity index (χ1) is 5.29. The maximum absolute atomic E-state index is 9.21. The summed E-state index contributed by atoms with van der Waals surface area (Å²) in [5.41, 5.74) is 0.606. The summed E-state index contributed by atoms with van der Waals surface area (Å²) in [5, 5.41) is 16.8. The van der Waals surface area contributed by atoms with E-state index in [0.717, 1.165) is 0 Å². The normalized spacial score (nSPS) is 10.6. The summed E-state index contributed by atoms with van der Waals surface area (Å²) in [6.07, 6.45) is 1.48. The Hall–Kier alpha value is -1.65. The first-order valence-corrected chi connectivity index (χ1v) is 3.15. The van der Waals surface area contributed by atoms with Crippen LogP contribution in [0.15, 0.2) is 12.3 Å². The molecular formula is C6H6N4O. The Bertz CT molecular complexity index is 394. The van der Waals surface area contributed by atoms with Crippen LogP contribution in [0.4, 0.5) is 0 Å². The molecule has 0 saturated heterocycles. The highest BCUT2D eigenvalue weighted by atomic mass is 16.3. The molecule has 1 N–H and O–H groups in total. The van der Waals surface area contributed by atoms with Crippen molar-refractivity contribution >= 4 is 5.65 Å². The molecule has 0 fully saturated rings. The average Bonchev–Trinajstić information content (AvgIpc) is 2.34. The lowest BCUT2D eigenvalue weighted by molar-refractivity contribution is 0.421. The fraction of sp³-hybridized carbons (Fsp3) is 0.167. The van der Waals surface area contributed by atoms with Crippen molar-refractivity contribution in [2.24, 2.45) is 0 Å². The number of nitrogens with zero attached hydrogens (tertiary/aromatic N) is 4. The smallest absolute Gasteiger partial charge is 0.301 e. The van der Waals surface area contributed by atoms with E-state index in [1.54, 1.807) is 13.0 Å². The summed E-state index contributed by atoms with van der Waals surface area (Å²) in [7, 11) is 0. The molecule has 2 rings (SSSR count). The summed E-state index contributed by atoms with van der Waals surface area (Å²) < 4.78 is 1.47. The fourth-order valence-electron chi connectivity index (χ4n) is 0.962. The van der Waals surface area contributed by atoms with Gasteiger partial charge in [0.2, 0.25) is 0 Å². The van der Waals surface area contributed by atoms with Gasteiger partial charge in [-0.25, -0.2) is 9.38 Å². The summed E-state index contributed by atoms with van der Waals surface area (Å²) in [5.74, 6) is 0.630. The van der Waals surface area contributed by atoms with Crippen molar-refractivity contribution in [3.05, 3.63) is 18.1 Å². The maximum Gasteiger partial charge on any atom is 0.301 e. The molecule has 0 aliphatic carbocycles. The molecule has 5 nitrogen and oxygen atoms in total. The van der Waals surface area contributed by atoms with Gasteiger partial charge in [0.25, 0.3) is 0 Å². The first kappa shape index (κ1) is 6.09. The molecule has 0 bridgehead atoms. The molecule has 0 aromatic carbocycles. The monoisotopic (exact) mass is 150 g/mol. The van der Waals surface area contributed by atoms with E-state index in [9.17, 15) is 5.11 Å². The third kappa shape index (κ3) is 0.739.